The van der Waals surface area contributed by atoms with E-state index in [2.05, 4.69) is 26.0 Å². The molecule has 2 aromatic rings. The standard InChI is InChI=1S/C16H14BrFN2O3S2/c1-9-8-24-15-5-3-11(7-14(15)19-16(9)21)25(22,23)20-13-4-2-10(17)6-12(13)18/h2-7,9,20H,8H2,1H3,(H,19,21). The molecule has 1 heterocycles. The van der Waals surface area contributed by atoms with Crippen LogP contribution in [0.3, 0.4) is 0 Å². The predicted molar refractivity (Wildman–Crippen MR) is 99.9 cm³/mol. The number of carbonyl (C=O) groups is 1. The Balaban J connectivity index is 1.93. The van der Waals surface area contributed by atoms with Crippen LogP contribution in [0.1, 0.15) is 6.92 Å². The van der Waals surface area contributed by atoms with Crippen molar-refractivity contribution in [3.05, 3.63) is 46.7 Å². The number of carbonyl (C=O) groups excluding carboxylic acids is 1. The second-order valence-corrected chi connectivity index (χ2v) is 9.25. The summed E-state index contributed by atoms with van der Waals surface area (Å²) in [5, 5.41) is 2.74. The number of rotatable bonds is 3. The van der Waals surface area contributed by atoms with Gasteiger partial charge in [0, 0.05) is 21.0 Å². The number of sulfonamides is 1. The van der Waals surface area contributed by atoms with Gasteiger partial charge in [-0.3, -0.25) is 9.52 Å². The summed E-state index contributed by atoms with van der Waals surface area (Å²) >= 11 is 4.61. The van der Waals surface area contributed by atoms with Gasteiger partial charge in [0.05, 0.1) is 16.3 Å². The summed E-state index contributed by atoms with van der Waals surface area (Å²) in [6.45, 7) is 1.81. The van der Waals surface area contributed by atoms with Gasteiger partial charge in [-0.1, -0.05) is 22.9 Å². The molecular weight excluding hydrogens is 431 g/mol. The Morgan fingerprint density at radius 3 is 2.76 bits per heavy atom. The summed E-state index contributed by atoms with van der Waals surface area (Å²) in [6, 6.07) is 8.51. The Bertz CT molecular complexity index is 950. The number of fused-ring (bicyclic) bond motifs is 1. The lowest BCUT2D eigenvalue weighted by Gasteiger charge is -2.12. The highest BCUT2D eigenvalue weighted by Crippen LogP contribution is 2.34. The molecule has 3 rings (SSSR count). The molecule has 0 spiro atoms. The summed E-state index contributed by atoms with van der Waals surface area (Å²) in [5.74, 6) is -0.404. The van der Waals surface area contributed by atoms with Crippen molar-refractivity contribution in [1.82, 2.24) is 0 Å². The van der Waals surface area contributed by atoms with Gasteiger partial charge in [-0.2, -0.15) is 0 Å². The van der Waals surface area contributed by atoms with Crippen molar-refractivity contribution >= 4 is 55.0 Å². The number of thioether (sulfide) groups is 1. The van der Waals surface area contributed by atoms with Gasteiger partial charge in [0.1, 0.15) is 5.82 Å². The first-order chi connectivity index (χ1) is 11.8. The first kappa shape index (κ1) is 18.2. The van der Waals surface area contributed by atoms with E-state index in [0.717, 1.165) is 4.90 Å². The van der Waals surface area contributed by atoms with Crippen molar-refractivity contribution in [3.63, 3.8) is 0 Å². The zero-order valence-electron chi connectivity index (χ0n) is 13.0. The minimum absolute atomic E-state index is 0.0518. The van der Waals surface area contributed by atoms with Gasteiger partial charge in [0.2, 0.25) is 5.91 Å². The van der Waals surface area contributed by atoms with E-state index in [1.165, 1.54) is 42.1 Å². The highest BCUT2D eigenvalue weighted by atomic mass is 79.9. The number of hydrogen-bond donors (Lipinski definition) is 2. The van der Waals surface area contributed by atoms with Crippen molar-refractivity contribution < 1.29 is 17.6 Å². The average molecular weight is 445 g/mol. The third kappa shape index (κ3) is 3.99. The zero-order valence-corrected chi connectivity index (χ0v) is 16.3. The van der Waals surface area contributed by atoms with Crippen molar-refractivity contribution in [2.45, 2.75) is 16.7 Å². The van der Waals surface area contributed by atoms with Gasteiger partial charge in [0.15, 0.2) is 0 Å². The summed E-state index contributed by atoms with van der Waals surface area (Å²) in [5.41, 5.74) is 0.295. The number of nitrogens with one attached hydrogen (secondary N) is 2. The lowest BCUT2D eigenvalue weighted by molar-refractivity contribution is -0.118. The fourth-order valence-corrected chi connectivity index (χ4v) is 4.66. The molecule has 25 heavy (non-hydrogen) atoms. The third-order valence-corrected chi connectivity index (χ3v) is 6.82. The van der Waals surface area contributed by atoms with Gasteiger partial charge in [-0.25, -0.2) is 12.8 Å². The molecule has 9 heteroatoms. The number of hydrogen-bond acceptors (Lipinski definition) is 4. The summed E-state index contributed by atoms with van der Waals surface area (Å²) < 4.78 is 41.7. The summed E-state index contributed by atoms with van der Waals surface area (Å²) in [6.07, 6.45) is 0. The predicted octanol–water partition coefficient (Wildman–Crippen LogP) is 4.07. The van der Waals surface area contributed by atoms with E-state index in [9.17, 15) is 17.6 Å². The summed E-state index contributed by atoms with van der Waals surface area (Å²) in [7, 11) is -3.99. The van der Waals surface area contributed by atoms with Crippen LogP contribution in [0.25, 0.3) is 0 Å². The molecule has 1 atom stereocenters. The van der Waals surface area contributed by atoms with Crippen LogP contribution in [-0.4, -0.2) is 20.1 Å². The number of anilines is 2. The molecule has 1 unspecified atom stereocenters. The molecule has 0 bridgehead atoms. The van der Waals surface area contributed by atoms with Crippen molar-refractivity contribution in [3.8, 4) is 0 Å². The lowest BCUT2D eigenvalue weighted by atomic mass is 10.2. The van der Waals surface area contributed by atoms with E-state index in [1.807, 2.05) is 6.92 Å². The number of amides is 1. The van der Waals surface area contributed by atoms with E-state index in [4.69, 9.17) is 0 Å². The number of halogens is 2. The monoisotopic (exact) mass is 444 g/mol. The average Bonchev–Trinajstić information content (AvgIpc) is 2.69. The molecule has 1 aliphatic rings. The van der Waals surface area contributed by atoms with Crippen LogP contribution in [0.5, 0.6) is 0 Å². The Hall–Kier alpha value is -1.58. The van der Waals surface area contributed by atoms with Gasteiger partial charge < -0.3 is 5.32 Å². The molecule has 132 valence electrons. The van der Waals surface area contributed by atoms with Gasteiger partial charge in [0.25, 0.3) is 10.0 Å². The molecule has 0 fully saturated rings. The minimum Gasteiger partial charge on any atom is -0.325 e. The van der Waals surface area contributed by atoms with E-state index >= 15 is 0 Å². The molecule has 0 saturated heterocycles. The van der Waals surface area contributed by atoms with Crippen molar-refractivity contribution in [1.29, 1.82) is 0 Å². The molecule has 0 aliphatic carbocycles. The SMILES string of the molecule is CC1CSc2ccc(S(=O)(=O)Nc3ccc(Br)cc3F)cc2NC1=O. The third-order valence-electron chi connectivity index (χ3n) is 3.63. The van der Waals surface area contributed by atoms with Crippen molar-refractivity contribution in [2.75, 3.05) is 15.8 Å². The van der Waals surface area contributed by atoms with Crippen LogP contribution in [0.2, 0.25) is 0 Å². The molecule has 2 N–H and O–H groups in total. The molecule has 1 amide bonds. The second kappa shape index (κ2) is 6.97. The van der Waals surface area contributed by atoms with E-state index in [0.29, 0.717) is 15.9 Å². The maximum absolute atomic E-state index is 13.9. The Kier molecular flexibility index (Phi) is 5.08. The Morgan fingerprint density at radius 1 is 1.28 bits per heavy atom. The minimum atomic E-state index is -3.99. The highest BCUT2D eigenvalue weighted by molar-refractivity contribution is 9.10. The zero-order chi connectivity index (χ0) is 18.2. The molecule has 0 radical (unpaired) electrons. The summed E-state index contributed by atoms with van der Waals surface area (Å²) in [4.78, 5) is 12.7. The fourth-order valence-electron chi connectivity index (χ4n) is 2.22. The molecule has 0 aromatic heterocycles. The van der Waals surface area contributed by atoms with Gasteiger partial charge in [-0.05, 0) is 36.4 Å². The molecule has 0 saturated carbocycles. The smallest absolute Gasteiger partial charge is 0.262 e. The lowest BCUT2D eigenvalue weighted by Crippen LogP contribution is -2.20. The first-order valence-electron chi connectivity index (χ1n) is 7.32. The first-order valence-corrected chi connectivity index (χ1v) is 10.6. The van der Waals surface area contributed by atoms with Crippen LogP contribution >= 0.6 is 27.7 Å². The molecular formula is C16H14BrFN2O3S2. The van der Waals surface area contributed by atoms with Crippen LogP contribution in [0.4, 0.5) is 15.8 Å². The van der Waals surface area contributed by atoms with E-state index in [1.54, 1.807) is 6.07 Å². The molecule has 1 aliphatic heterocycles. The second-order valence-electron chi connectivity index (χ2n) is 5.59. The van der Waals surface area contributed by atoms with Crippen LogP contribution in [0.15, 0.2) is 50.7 Å². The van der Waals surface area contributed by atoms with Crippen LogP contribution in [-0.2, 0) is 14.8 Å². The quantitative estimate of drug-likeness (QED) is 0.747. The van der Waals surface area contributed by atoms with Crippen LogP contribution in [0, 0.1) is 11.7 Å². The topological polar surface area (TPSA) is 75.3 Å². The Morgan fingerprint density at radius 2 is 2.04 bits per heavy atom. The normalized spacial score (nSPS) is 17.4. The van der Waals surface area contributed by atoms with Crippen LogP contribution < -0.4 is 10.0 Å². The van der Waals surface area contributed by atoms with Gasteiger partial charge >= 0.3 is 0 Å². The van der Waals surface area contributed by atoms with Crippen molar-refractivity contribution in [2.24, 2.45) is 5.92 Å². The maximum atomic E-state index is 13.9. The molecule has 2 aromatic carbocycles. The maximum Gasteiger partial charge on any atom is 0.262 e. The van der Waals surface area contributed by atoms with E-state index in [-0.39, 0.29) is 22.4 Å². The Labute approximate surface area is 157 Å². The largest absolute Gasteiger partial charge is 0.325 e. The van der Waals surface area contributed by atoms with Gasteiger partial charge in [-0.15, -0.1) is 11.8 Å². The molecule has 5 nitrogen and oxygen atoms in total. The fraction of sp³-hybridized carbons (Fsp3) is 0.188. The van der Waals surface area contributed by atoms with E-state index < -0.39 is 15.8 Å². The number of benzene rings is 2. The highest BCUT2D eigenvalue weighted by Gasteiger charge is 2.23.